The monoisotopic (exact) mass is 537 g/mol. The Bertz CT molecular complexity index is 1730. The van der Waals surface area contributed by atoms with Crippen LogP contribution in [0.1, 0.15) is 27.4 Å². The number of fused-ring (bicyclic) bond motifs is 2. The number of aromatic nitrogens is 6. The minimum atomic E-state index is -0.620. The maximum Gasteiger partial charge on any atom is 0.272 e. The highest BCUT2D eigenvalue weighted by Gasteiger charge is 2.27. The van der Waals surface area contributed by atoms with Gasteiger partial charge in [0.25, 0.3) is 11.5 Å². The molecule has 12 heteroatoms. The van der Waals surface area contributed by atoms with Crippen LogP contribution >= 0.6 is 23.2 Å². The zero-order valence-corrected chi connectivity index (χ0v) is 20.7. The molecule has 0 atom stereocenters. The highest BCUT2D eigenvalue weighted by molar-refractivity contribution is 6.42. The summed E-state index contributed by atoms with van der Waals surface area (Å²) in [4.78, 5) is 33.9. The summed E-state index contributed by atoms with van der Waals surface area (Å²) in [5.74, 6) is 0.236. The molecule has 9 nitrogen and oxygen atoms in total. The topological polar surface area (TPSA) is 101 Å². The second kappa shape index (κ2) is 9.13. The van der Waals surface area contributed by atoms with Crippen molar-refractivity contribution in [3.05, 3.63) is 104 Å². The number of H-pyrrole nitrogens is 1. The van der Waals surface area contributed by atoms with Crippen LogP contribution in [0.15, 0.2) is 59.8 Å². The maximum absolute atomic E-state index is 14.8. The van der Waals surface area contributed by atoms with Crippen molar-refractivity contribution in [2.45, 2.75) is 19.5 Å². The lowest BCUT2D eigenvalue weighted by molar-refractivity contribution is 0.0703. The van der Waals surface area contributed by atoms with Gasteiger partial charge in [0.1, 0.15) is 16.5 Å². The summed E-state index contributed by atoms with van der Waals surface area (Å²) in [6.07, 6.45) is 5.20. The minimum absolute atomic E-state index is 0.0461. The van der Waals surface area contributed by atoms with E-state index in [1.165, 1.54) is 24.4 Å². The molecule has 0 unspecified atom stereocenters. The molecular formula is C25H18Cl2FN7O2. The number of hydrogen-bond donors (Lipinski definition) is 1. The molecule has 1 aliphatic rings. The number of aromatic amines is 1. The number of carbonyl (C=O) groups is 1. The van der Waals surface area contributed by atoms with Crippen LogP contribution in [-0.2, 0) is 19.5 Å². The Morgan fingerprint density at radius 3 is 2.81 bits per heavy atom. The molecule has 1 N–H and O–H groups in total. The standard InChI is InChI=1S/C25H18Cl2FN7O2/c26-18-10-20-24(36)30-12-16(35(20)22(18)27)8-14-3-4-19(28)17(9-14)25(37)33-6-7-34-21(13-33)31-32-23(34)15-2-1-5-29-11-15/h1-5,9-12H,6-8,13H2,(H,30,36). The molecule has 37 heavy (non-hydrogen) atoms. The largest absolute Gasteiger partial charge is 0.329 e. The van der Waals surface area contributed by atoms with E-state index in [0.717, 1.165) is 5.56 Å². The van der Waals surface area contributed by atoms with Crippen molar-refractivity contribution in [3.8, 4) is 11.4 Å². The molecule has 5 heterocycles. The van der Waals surface area contributed by atoms with Crippen LogP contribution in [-0.4, -0.2) is 46.5 Å². The Morgan fingerprint density at radius 1 is 1.14 bits per heavy atom. The van der Waals surface area contributed by atoms with Crippen molar-refractivity contribution < 1.29 is 9.18 Å². The summed E-state index contributed by atoms with van der Waals surface area (Å²) in [5, 5.41) is 8.97. The molecule has 0 aliphatic carbocycles. The molecule has 4 aromatic heterocycles. The first-order chi connectivity index (χ1) is 17.9. The van der Waals surface area contributed by atoms with Crippen LogP contribution in [0.5, 0.6) is 0 Å². The van der Waals surface area contributed by atoms with Crippen LogP contribution < -0.4 is 5.56 Å². The van der Waals surface area contributed by atoms with E-state index in [2.05, 4.69) is 20.2 Å². The lowest BCUT2D eigenvalue weighted by Gasteiger charge is -2.28. The molecule has 1 aliphatic heterocycles. The van der Waals surface area contributed by atoms with Gasteiger partial charge in [-0.05, 0) is 35.9 Å². The number of hydrogen-bond acceptors (Lipinski definition) is 5. The first-order valence-corrected chi connectivity index (χ1v) is 12.1. The Hall–Kier alpha value is -4.02. The first kappa shape index (κ1) is 23.4. The van der Waals surface area contributed by atoms with Crippen molar-refractivity contribution in [1.82, 2.24) is 34.0 Å². The number of carbonyl (C=O) groups excluding carboxylic acids is 1. The molecule has 0 saturated carbocycles. The second-order valence-electron chi connectivity index (χ2n) is 8.66. The van der Waals surface area contributed by atoms with Gasteiger partial charge in [-0.1, -0.05) is 29.3 Å². The van der Waals surface area contributed by atoms with Gasteiger partial charge in [-0.3, -0.25) is 19.0 Å². The SMILES string of the molecule is O=C(c1cc(Cc2c[nH]c(=O)c3cc(Cl)c(Cl)n23)ccc1F)N1CCn2c(nnc2-c2cccnc2)C1. The minimum Gasteiger partial charge on any atom is -0.329 e. The maximum atomic E-state index is 14.8. The van der Waals surface area contributed by atoms with E-state index in [4.69, 9.17) is 23.2 Å². The molecule has 1 amide bonds. The Labute approximate surface area is 219 Å². The van der Waals surface area contributed by atoms with E-state index in [0.29, 0.717) is 41.5 Å². The normalized spacial score (nSPS) is 13.2. The van der Waals surface area contributed by atoms with Crippen LogP contribution in [0.4, 0.5) is 4.39 Å². The first-order valence-electron chi connectivity index (χ1n) is 11.4. The van der Waals surface area contributed by atoms with Gasteiger partial charge in [0, 0.05) is 49.4 Å². The van der Waals surface area contributed by atoms with Crippen molar-refractivity contribution in [3.63, 3.8) is 0 Å². The average molecular weight is 538 g/mol. The number of rotatable bonds is 4. The lowest BCUT2D eigenvalue weighted by Crippen LogP contribution is -2.39. The third-order valence-corrected chi connectivity index (χ3v) is 7.15. The third kappa shape index (κ3) is 4.08. The molecule has 5 aromatic rings. The average Bonchev–Trinajstić information content (AvgIpc) is 3.48. The number of benzene rings is 1. The zero-order chi connectivity index (χ0) is 25.7. The Morgan fingerprint density at radius 2 is 2.00 bits per heavy atom. The van der Waals surface area contributed by atoms with Gasteiger partial charge in [0.05, 0.1) is 17.1 Å². The fourth-order valence-electron chi connectivity index (χ4n) is 4.59. The predicted octanol–water partition coefficient (Wildman–Crippen LogP) is 3.97. The van der Waals surface area contributed by atoms with E-state index in [9.17, 15) is 14.0 Å². The number of pyridine rings is 1. The van der Waals surface area contributed by atoms with Gasteiger partial charge < -0.3 is 14.5 Å². The van der Waals surface area contributed by atoms with Crippen LogP contribution in [0.3, 0.4) is 0 Å². The predicted molar refractivity (Wildman–Crippen MR) is 135 cm³/mol. The molecule has 186 valence electrons. The van der Waals surface area contributed by atoms with Crippen LogP contribution in [0.2, 0.25) is 10.2 Å². The Balaban J connectivity index is 1.27. The summed E-state index contributed by atoms with van der Waals surface area (Å²) >= 11 is 12.4. The smallest absolute Gasteiger partial charge is 0.272 e. The van der Waals surface area contributed by atoms with E-state index in [1.54, 1.807) is 27.8 Å². The lowest BCUT2D eigenvalue weighted by atomic mass is 10.0. The molecule has 0 saturated heterocycles. The zero-order valence-electron chi connectivity index (χ0n) is 19.2. The third-order valence-electron chi connectivity index (χ3n) is 6.39. The molecule has 0 bridgehead atoms. The van der Waals surface area contributed by atoms with Gasteiger partial charge in [0.15, 0.2) is 11.6 Å². The van der Waals surface area contributed by atoms with E-state index < -0.39 is 11.7 Å². The van der Waals surface area contributed by atoms with Gasteiger partial charge in [-0.2, -0.15) is 0 Å². The van der Waals surface area contributed by atoms with Crippen LogP contribution in [0, 0.1) is 5.82 Å². The molecular weight excluding hydrogens is 520 g/mol. The number of halogens is 3. The van der Waals surface area contributed by atoms with Crippen molar-refractivity contribution in [2.75, 3.05) is 6.54 Å². The fourth-order valence-corrected chi connectivity index (χ4v) is 5.03. The number of amides is 1. The summed E-state index contributed by atoms with van der Waals surface area (Å²) < 4.78 is 18.3. The molecule has 0 spiro atoms. The summed E-state index contributed by atoms with van der Waals surface area (Å²) in [6, 6.07) is 9.59. The van der Waals surface area contributed by atoms with Crippen molar-refractivity contribution in [2.24, 2.45) is 0 Å². The van der Waals surface area contributed by atoms with E-state index >= 15 is 0 Å². The van der Waals surface area contributed by atoms with Gasteiger partial charge in [0.2, 0.25) is 0 Å². The molecule has 0 fully saturated rings. The van der Waals surface area contributed by atoms with Crippen LogP contribution in [0.25, 0.3) is 16.9 Å². The van der Waals surface area contributed by atoms with Gasteiger partial charge >= 0.3 is 0 Å². The summed E-state index contributed by atoms with van der Waals surface area (Å²) in [7, 11) is 0. The van der Waals surface area contributed by atoms with E-state index in [-0.39, 0.29) is 34.3 Å². The highest BCUT2D eigenvalue weighted by atomic mass is 35.5. The van der Waals surface area contributed by atoms with Crippen molar-refractivity contribution in [1.29, 1.82) is 0 Å². The molecule has 6 rings (SSSR count). The summed E-state index contributed by atoms with van der Waals surface area (Å²) in [5.41, 5.74) is 2.05. The van der Waals surface area contributed by atoms with Crippen molar-refractivity contribution >= 4 is 34.6 Å². The summed E-state index contributed by atoms with van der Waals surface area (Å²) in [6.45, 7) is 1.05. The quantitative estimate of drug-likeness (QED) is 0.373. The highest BCUT2D eigenvalue weighted by Crippen LogP contribution is 2.27. The van der Waals surface area contributed by atoms with Gasteiger partial charge in [-0.25, -0.2) is 4.39 Å². The molecule has 0 radical (unpaired) electrons. The molecule has 1 aromatic carbocycles. The van der Waals surface area contributed by atoms with Gasteiger partial charge in [-0.15, -0.1) is 10.2 Å². The Kier molecular flexibility index (Phi) is 5.77. The number of nitrogens with one attached hydrogen (secondary N) is 1. The fraction of sp³-hybridized carbons (Fsp3) is 0.160. The number of nitrogens with zero attached hydrogens (tertiary/aromatic N) is 6. The second-order valence-corrected chi connectivity index (χ2v) is 9.43. The van der Waals surface area contributed by atoms with E-state index in [1.807, 2.05) is 16.7 Å².